The van der Waals surface area contributed by atoms with Crippen molar-refractivity contribution in [2.45, 2.75) is 114 Å². The van der Waals surface area contributed by atoms with Crippen LogP contribution in [0, 0.1) is 23.2 Å². The number of hydrogen-bond donors (Lipinski definition) is 2. The van der Waals surface area contributed by atoms with E-state index in [2.05, 4.69) is 76.9 Å². The maximum Gasteiger partial charge on any atom is 0.344 e. The van der Waals surface area contributed by atoms with Crippen LogP contribution in [0.25, 0.3) is 10.9 Å². The third-order valence-electron chi connectivity index (χ3n) is 15.7. The van der Waals surface area contributed by atoms with E-state index in [1.165, 1.54) is 26.7 Å². The van der Waals surface area contributed by atoms with E-state index >= 15 is 4.79 Å². The van der Waals surface area contributed by atoms with Gasteiger partial charge >= 0.3 is 17.9 Å². The molecule has 1 aromatic heterocycles. The van der Waals surface area contributed by atoms with Gasteiger partial charge in [0.15, 0.2) is 6.10 Å². The van der Waals surface area contributed by atoms with Gasteiger partial charge in [-0.3, -0.25) is 19.4 Å². The molecule has 1 spiro atoms. The Hall–Kier alpha value is -5.09. The van der Waals surface area contributed by atoms with E-state index in [0.29, 0.717) is 50.2 Å². The minimum atomic E-state index is -2.29. The van der Waals surface area contributed by atoms with Crippen LogP contribution >= 0.6 is 0 Å². The molecule has 1 unspecified atom stereocenters. The summed E-state index contributed by atoms with van der Waals surface area (Å²) in [6.07, 6.45) is 10.6. The average Bonchev–Trinajstić information content (AvgIpc) is 3.93. The number of unbranched alkanes of at least 4 members (excludes halogenated alkanes) is 2. The molecule has 63 heavy (non-hydrogen) atoms. The number of benzene rings is 2. The molecule has 334 valence electrons. The number of H-pyrrole nitrogens is 1. The number of anilines is 1. The van der Waals surface area contributed by atoms with Gasteiger partial charge in [0.1, 0.15) is 11.2 Å². The fourth-order valence-corrected chi connectivity index (χ4v) is 13.4. The zero-order valence-electron chi connectivity index (χ0n) is 38.1. The first-order valence-electron chi connectivity index (χ1n) is 22.8. The molecule has 9 atom stereocenters. The first-order valence-corrected chi connectivity index (χ1v) is 22.8. The molecule has 6 heterocycles. The zero-order chi connectivity index (χ0) is 44.6. The number of esters is 3. The summed E-state index contributed by atoms with van der Waals surface area (Å²) >= 11 is 0. The summed E-state index contributed by atoms with van der Waals surface area (Å²) in [6.45, 7) is 11.3. The number of nitrogens with zero attached hydrogens (tertiary/aromatic N) is 3. The molecular weight excluding hydrogens is 797 g/mol. The largest absolute Gasteiger partial charge is 0.496 e. The number of aromatic amines is 1. The highest BCUT2D eigenvalue weighted by atomic mass is 16.6. The van der Waals surface area contributed by atoms with Crippen molar-refractivity contribution in [2.24, 2.45) is 11.3 Å². The number of carbonyl (C=O) groups is 3. The molecule has 1 saturated heterocycles. The first kappa shape index (κ1) is 43.2. The Balaban J connectivity index is 1.35. The number of aliphatic hydroxyl groups is 1. The maximum absolute atomic E-state index is 15.4. The minimum Gasteiger partial charge on any atom is -0.496 e. The van der Waals surface area contributed by atoms with E-state index in [1.54, 1.807) is 7.11 Å². The minimum absolute atomic E-state index is 0.000630. The van der Waals surface area contributed by atoms with Crippen molar-refractivity contribution in [1.82, 2.24) is 14.8 Å². The summed E-state index contributed by atoms with van der Waals surface area (Å²) in [4.78, 5) is 53.6. The Kier molecular flexibility index (Phi) is 10.9. The molecule has 2 aromatic carbocycles. The lowest BCUT2D eigenvalue weighted by Crippen LogP contribution is -2.81. The number of fused-ring (bicyclic) bond motifs is 6. The van der Waals surface area contributed by atoms with Gasteiger partial charge in [-0.25, -0.2) is 4.79 Å². The number of ether oxygens (including phenoxy) is 4. The molecule has 6 aliphatic rings. The second-order valence-corrected chi connectivity index (χ2v) is 18.8. The van der Waals surface area contributed by atoms with Crippen molar-refractivity contribution in [3.05, 3.63) is 82.1 Å². The summed E-state index contributed by atoms with van der Waals surface area (Å²) < 4.78 is 24.1. The normalized spacial score (nSPS) is 32.5. The molecule has 0 radical (unpaired) electrons. The van der Waals surface area contributed by atoms with Crippen LogP contribution in [-0.4, -0.2) is 116 Å². The summed E-state index contributed by atoms with van der Waals surface area (Å²) in [5.74, 6) is 5.39. The molecule has 2 N–H and O–H groups in total. The second kappa shape index (κ2) is 15.9. The van der Waals surface area contributed by atoms with E-state index in [4.69, 9.17) is 18.9 Å². The molecule has 2 fully saturated rings. The number of aromatic nitrogens is 1. The van der Waals surface area contributed by atoms with E-state index < -0.39 is 51.9 Å². The number of methoxy groups -OCH3 is 3. The fraction of sp³-hybridized carbons (Fsp3) is 0.549. The van der Waals surface area contributed by atoms with Gasteiger partial charge in [-0.05, 0) is 80.0 Å². The number of rotatable bonds is 9. The molecule has 2 bridgehead atoms. The molecule has 3 aromatic rings. The molecule has 0 amide bonds. The summed E-state index contributed by atoms with van der Waals surface area (Å²) in [5, 5.41) is 14.4. The Bertz CT molecular complexity index is 2500. The van der Waals surface area contributed by atoms with Gasteiger partial charge < -0.3 is 33.9 Å². The Morgan fingerprint density at radius 2 is 1.79 bits per heavy atom. The smallest absolute Gasteiger partial charge is 0.344 e. The van der Waals surface area contributed by atoms with Gasteiger partial charge in [0.05, 0.1) is 27.4 Å². The van der Waals surface area contributed by atoms with Crippen molar-refractivity contribution in [2.75, 3.05) is 59.5 Å². The van der Waals surface area contributed by atoms with E-state index in [9.17, 15) is 14.7 Å². The molecule has 12 heteroatoms. The highest BCUT2D eigenvalue weighted by Gasteiger charge is 2.80. The van der Waals surface area contributed by atoms with Crippen LogP contribution in [0.15, 0.2) is 54.1 Å². The topological polar surface area (TPSA) is 134 Å². The molecular formula is C51H62N4O8. The van der Waals surface area contributed by atoms with Gasteiger partial charge in [0, 0.05) is 103 Å². The second-order valence-electron chi connectivity index (χ2n) is 18.8. The summed E-state index contributed by atoms with van der Waals surface area (Å²) in [5.41, 5.74) is 1.74. The fourth-order valence-electron chi connectivity index (χ4n) is 13.4. The third kappa shape index (κ3) is 6.01. The predicted octanol–water partition coefficient (Wildman–Crippen LogP) is 6.30. The van der Waals surface area contributed by atoms with Crippen LogP contribution in [0.4, 0.5) is 5.69 Å². The van der Waals surface area contributed by atoms with Crippen molar-refractivity contribution in [3.63, 3.8) is 0 Å². The first-order chi connectivity index (χ1) is 30.3. The van der Waals surface area contributed by atoms with Crippen LogP contribution in [0.1, 0.15) is 101 Å². The van der Waals surface area contributed by atoms with E-state index in [-0.39, 0.29) is 12.0 Å². The van der Waals surface area contributed by atoms with Crippen LogP contribution < -0.4 is 9.64 Å². The van der Waals surface area contributed by atoms with Crippen molar-refractivity contribution in [1.29, 1.82) is 0 Å². The van der Waals surface area contributed by atoms with Gasteiger partial charge in [-0.15, -0.1) is 0 Å². The van der Waals surface area contributed by atoms with Crippen LogP contribution in [0.2, 0.25) is 0 Å². The van der Waals surface area contributed by atoms with Gasteiger partial charge in [-0.2, -0.15) is 0 Å². The zero-order valence-corrected chi connectivity index (χ0v) is 38.1. The average molecular weight is 859 g/mol. The number of hydrogen-bond acceptors (Lipinski definition) is 11. The quantitative estimate of drug-likeness (QED) is 0.0827. The lowest BCUT2D eigenvalue weighted by atomic mass is 9.47. The monoisotopic (exact) mass is 858 g/mol. The van der Waals surface area contributed by atoms with Gasteiger partial charge in [0.25, 0.3) is 0 Å². The highest BCUT2D eigenvalue weighted by Crippen LogP contribution is 2.68. The van der Waals surface area contributed by atoms with Crippen LogP contribution in [-0.2, 0) is 46.0 Å². The molecule has 5 aliphatic heterocycles. The van der Waals surface area contributed by atoms with Gasteiger partial charge in [0.2, 0.25) is 5.60 Å². The molecule has 1 aliphatic carbocycles. The standard InChI is InChI=1S/C51H62N4O8/c1-9-12-13-14-16-33-17-18-39-35(24-33)36-30-54-28-32(10-2)23-34(29-54)27-50(42(36)52-39,46(57)61-7)38-25-37-40(26-41(38)60-6)53(5)44-49(37)20-22-55-21-15-19-48(11-3,43(49)55)45(63-31(4)56)51(44,59)47(58)62-8/h15,17-19,23-26,34,43-45,52,59H,9-13,20-22,27-30H2,1-8H3/t34-,43+,44-,45-,48-,49-,50+,51+/m1/s1. The molecule has 1 saturated carbocycles. The lowest BCUT2D eigenvalue weighted by Gasteiger charge is -2.63. The van der Waals surface area contributed by atoms with Crippen molar-refractivity contribution < 1.29 is 38.4 Å². The Morgan fingerprint density at radius 3 is 2.49 bits per heavy atom. The van der Waals surface area contributed by atoms with Crippen LogP contribution in [0.5, 0.6) is 5.75 Å². The van der Waals surface area contributed by atoms with Crippen molar-refractivity contribution >= 4 is 34.5 Å². The van der Waals surface area contributed by atoms with Gasteiger partial charge in [-0.1, -0.05) is 62.8 Å². The maximum atomic E-state index is 15.4. The molecule has 9 rings (SSSR count). The summed E-state index contributed by atoms with van der Waals surface area (Å²) in [7, 11) is 6.24. The highest BCUT2D eigenvalue weighted by molar-refractivity contribution is 5.95. The van der Waals surface area contributed by atoms with Crippen LogP contribution in [0.3, 0.4) is 0 Å². The Labute approximate surface area is 370 Å². The number of likely N-dealkylation sites (N-methyl/N-ethyl adjacent to an activating group) is 1. The van der Waals surface area contributed by atoms with Crippen molar-refractivity contribution in [3.8, 4) is 17.6 Å². The third-order valence-corrected chi connectivity index (χ3v) is 15.7. The lowest BCUT2D eigenvalue weighted by molar-refractivity contribution is -0.228. The van der Waals surface area contributed by atoms with E-state index in [0.717, 1.165) is 77.7 Å². The SMILES string of the molecule is CCCCC#Cc1ccc2[nH]c3c(c2c1)CN1CC(CC)=C[C@@H](C1)C[C@]3(C(=O)OC)c1cc2c(cc1OC)N(C)[C@H]1[C@@](O)(C(=O)OC)[C@H](OC(C)=O)[C@]3(CC)C=CCN4CC[C@]21[C@@H]43. The van der Waals surface area contributed by atoms with E-state index in [1.807, 2.05) is 31.0 Å². The number of carbonyl (C=O) groups excluding carboxylic acids is 3. The molecule has 12 nitrogen and oxygen atoms in total. The number of nitrogens with one attached hydrogen (secondary N) is 1. The predicted molar refractivity (Wildman–Crippen MR) is 240 cm³/mol. The Morgan fingerprint density at radius 1 is 1.00 bits per heavy atom. The summed E-state index contributed by atoms with van der Waals surface area (Å²) in [6, 6.07) is 9.19.